The van der Waals surface area contributed by atoms with Gasteiger partial charge in [0.15, 0.2) is 0 Å². The number of hydrazone groups is 1. The standard InChI is InChI=1S/C15H10ClFN2O/c16-12-7-6-11(8-13(12)17)19-15(20)9-14(18-19)10-4-2-1-3-5-10/h1-8H,9H2. The number of halogens is 2. The van der Waals surface area contributed by atoms with Crippen LogP contribution in [0.4, 0.5) is 10.1 Å². The molecule has 5 heteroatoms. The zero-order valence-electron chi connectivity index (χ0n) is 10.4. The first-order chi connectivity index (χ1) is 9.65. The summed E-state index contributed by atoms with van der Waals surface area (Å²) >= 11 is 5.63. The van der Waals surface area contributed by atoms with Gasteiger partial charge in [0.05, 0.1) is 22.8 Å². The minimum Gasteiger partial charge on any atom is -0.272 e. The van der Waals surface area contributed by atoms with Crippen molar-refractivity contribution in [1.29, 1.82) is 0 Å². The summed E-state index contributed by atoms with van der Waals surface area (Å²) in [6.45, 7) is 0. The van der Waals surface area contributed by atoms with E-state index >= 15 is 0 Å². The molecule has 0 N–H and O–H groups in total. The Hall–Kier alpha value is -2.20. The lowest BCUT2D eigenvalue weighted by Crippen LogP contribution is -2.19. The van der Waals surface area contributed by atoms with Crippen molar-refractivity contribution in [2.75, 3.05) is 5.01 Å². The summed E-state index contributed by atoms with van der Waals surface area (Å²) in [6.07, 6.45) is 0.203. The van der Waals surface area contributed by atoms with Crippen molar-refractivity contribution < 1.29 is 9.18 Å². The molecule has 1 aliphatic rings. The molecule has 3 rings (SSSR count). The summed E-state index contributed by atoms with van der Waals surface area (Å²) in [6, 6.07) is 13.6. The molecule has 100 valence electrons. The van der Waals surface area contributed by atoms with E-state index in [-0.39, 0.29) is 17.4 Å². The summed E-state index contributed by atoms with van der Waals surface area (Å²) in [5.74, 6) is -0.758. The number of amides is 1. The second-order valence-electron chi connectivity index (χ2n) is 4.39. The maximum Gasteiger partial charge on any atom is 0.253 e. The molecule has 0 aliphatic carbocycles. The van der Waals surface area contributed by atoms with Gasteiger partial charge in [-0.25, -0.2) is 9.40 Å². The van der Waals surface area contributed by atoms with Gasteiger partial charge >= 0.3 is 0 Å². The van der Waals surface area contributed by atoms with Crippen molar-refractivity contribution in [3.63, 3.8) is 0 Å². The molecule has 2 aromatic carbocycles. The molecule has 1 heterocycles. The van der Waals surface area contributed by atoms with Crippen molar-refractivity contribution in [1.82, 2.24) is 0 Å². The maximum absolute atomic E-state index is 13.5. The first kappa shape index (κ1) is 12.8. The lowest BCUT2D eigenvalue weighted by Gasteiger charge is -2.11. The van der Waals surface area contributed by atoms with Crippen LogP contribution < -0.4 is 5.01 Å². The second kappa shape index (κ2) is 5.06. The van der Waals surface area contributed by atoms with E-state index in [0.717, 1.165) is 5.56 Å². The van der Waals surface area contributed by atoms with Gasteiger partial charge in [-0.3, -0.25) is 4.79 Å². The first-order valence-corrected chi connectivity index (χ1v) is 6.44. The van der Waals surface area contributed by atoms with E-state index in [1.165, 1.54) is 17.1 Å². The highest BCUT2D eigenvalue weighted by molar-refractivity contribution is 6.30. The van der Waals surface area contributed by atoms with Gasteiger partial charge in [-0.2, -0.15) is 5.10 Å². The van der Waals surface area contributed by atoms with Gasteiger partial charge < -0.3 is 0 Å². The Morgan fingerprint density at radius 2 is 1.90 bits per heavy atom. The fraction of sp³-hybridized carbons (Fsp3) is 0.0667. The van der Waals surface area contributed by atoms with Crippen molar-refractivity contribution in [2.45, 2.75) is 6.42 Å². The molecule has 3 nitrogen and oxygen atoms in total. The van der Waals surface area contributed by atoms with Gasteiger partial charge in [-0.15, -0.1) is 0 Å². The molecule has 20 heavy (non-hydrogen) atoms. The molecule has 2 aromatic rings. The molecular weight excluding hydrogens is 279 g/mol. The van der Waals surface area contributed by atoms with Crippen LogP contribution in [0.1, 0.15) is 12.0 Å². The Morgan fingerprint density at radius 1 is 1.15 bits per heavy atom. The van der Waals surface area contributed by atoms with Crippen LogP contribution in [0.15, 0.2) is 53.6 Å². The van der Waals surface area contributed by atoms with Gasteiger partial charge in [0.25, 0.3) is 5.91 Å². The van der Waals surface area contributed by atoms with Gasteiger partial charge in [0.1, 0.15) is 5.82 Å². The third-order valence-electron chi connectivity index (χ3n) is 3.03. The van der Waals surface area contributed by atoms with E-state index in [2.05, 4.69) is 5.10 Å². The Labute approximate surface area is 120 Å². The van der Waals surface area contributed by atoms with Crippen LogP contribution in [0, 0.1) is 5.82 Å². The van der Waals surface area contributed by atoms with E-state index in [4.69, 9.17) is 11.6 Å². The average molecular weight is 289 g/mol. The predicted octanol–water partition coefficient (Wildman–Crippen LogP) is 3.62. The number of hydrogen-bond acceptors (Lipinski definition) is 2. The number of carbonyl (C=O) groups is 1. The number of rotatable bonds is 2. The lowest BCUT2D eigenvalue weighted by atomic mass is 10.1. The van der Waals surface area contributed by atoms with Crippen molar-refractivity contribution in [3.8, 4) is 0 Å². The monoisotopic (exact) mass is 288 g/mol. The number of anilines is 1. The molecule has 0 unspecified atom stereocenters. The Balaban J connectivity index is 1.96. The highest BCUT2D eigenvalue weighted by Crippen LogP contribution is 2.26. The van der Waals surface area contributed by atoms with E-state index in [1.54, 1.807) is 6.07 Å². The van der Waals surface area contributed by atoms with Crippen LogP contribution >= 0.6 is 11.6 Å². The molecule has 0 fully saturated rings. The van der Waals surface area contributed by atoms with Crippen LogP contribution in [-0.4, -0.2) is 11.6 Å². The minimum atomic E-state index is -0.569. The molecule has 0 saturated heterocycles. The van der Waals surface area contributed by atoms with Gasteiger partial charge in [0, 0.05) is 6.07 Å². The third-order valence-corrected chi connectivity index (χ3v) is 3.34. The molecule has 1 aliphatic heterocycles. The van der Waals surface area contributed by atoms with Crippen molar-refractivity contribution >= 4 is 28.9 Å². The largest absolute Gasteiger partial charge is 0.272 e. The van der Waals surface area contributed by atoms with E-state index in [9.17, 15) is 9.18 Å². The lowest BCUT2D eigenvalue weighted by molar-refractivity contribution is -0.116. The molecule has 0 spiro atoms. The number of nitrogens with zero attached hydrogens (tertiary/aromatic N) is 2. The Kier molecular flexibility index (Phi) is 3.24. The fourth-order valence-electron chi connectivity index (χ4n) is 2.04. The van der Waals surface area contributed by atoms with Gasteiger partial charge in [-0.05, 0) is 17.7 Å². The first-order valence-electron chi connectivity index (χ1n) is 6.06. The van der Waals surface area contributed by atoms with E-state index < -0.39 is 5.82 Å². The van der Waals surface area contributed by atoms with Crippen LogP contribution in [0.25, 0.3) is 0 Å². The van der Waals surface area contributed by atoms with Crippen LogP contribution in [0.3, 0.4) is 0 Å². The molecule has 0 atom stereocenters. The predicted molar refractivity (Wildman–Crippen MR) is 76.5 cm³/mol. The second-order valence-corrected chi connectivity index (χ2v) is 4.80. The topological polar surface area (TPSA) is 32.7 Å². The Bertz CT molecular complexity index is 700. The third kappa shape index (κ3) is 2.30. The normalized spacial score (nSPS) is 14.6. The molecule has 0 saturated carbocycles. The summed E-state index contributed by atoms with van der Waals surface area (Å²) < 4.78 is 13.5. The van der Waals surface area contributed by atoms with Gasteiger partial charge in [-0.1, -0.05) is 41.9 Å². The van der Waals surface area contributed by atoms with Crippen molar-refractivity contribution in [2.24, 2.45) is 5.10 Å². The highest BCUT2D eigenvalue weighted by atomic mass is 35.5. The minimum absolute atomic E-state index is 0.0210. The van der Waals surface area contributed by atoms with Crippen LogP contribution in [-0.2, 0) is 4.79 Å². The smallest absolute Gasteiger partial charge is 0.253 e. The van der Waals surface area contributed by atoms with Gasteiger partial charge in [0.2, 0.25) is 0 Å². The zero-order valence-corrected chi connectivity index (χ0v) is 11.1. The number of carbonyl (C=O) groups excluding carboxylic acids is 1. The maximum atomic E-state index is 13.5. The molecular formula is C15H10ClFN2O. The highest BCUT2D eigenvalue weighted by Gasteiger charge is 2.26. The molecule has 0 bridgehead atoms. The van der Waals surface area contributed by atoms with Crippen LogP contribution in [0.2, 0.25) is 5.02 Å². The fourth-order valence-corrected chi connectivity index (χ4v) is 2.16. The summed E-state index contributed by atoms with van der Waals surface area (Å²) in [7, 11) is 0. The number of benzene rings is 2. The van der Waals surface area contributed by atoms with E-state index in [1.807, 2.05) is 30.3 Å². The number of hydrogen-bond donors (Lipinski definition) is 0. The SMILES string of the molecule is O=C1CC(c2ccccc2)=NN1c1ccc(Cl)c(F)c1. The summed E-state index contributed by atoms with van der Waals surface area (Å²) in [5, 5.41) is 5.50. The summed E-state index contributed by atoms with van der Waals surface area (Å²) in [4.78, 5) is 12.0. The van der Waals surface area contributed by atoms with Crippen LogP contribution in [0.5, 0.6) is 0 Å². The quantitative estimate of drug-likeness (QED) is 0.831. The summed E-state index contributed by atoms with van der Waals surface area (Å²) in [5.41, 5.74) is 1.94. The molecule has 0 aromatic heterocycles. The van der Waals surface area contributed by atoms with Crippen molar-refractivity contribution in [3.05, 3.63) is 64.9 Å². The molecule has 1 amide bonds. The molecule has 0 radical (unpaired) electrons. The average Bonchev–Trinajstić information content (AvgIpc) is 2.85. The Morgan fingerprint density at radius 3 is 2.60 bits per heavy atom. The van der Waals surface area contributed by atoms with E-state index in [0.29, 0.717) is 11.4 Å². The zero-order chi connectivity index (χ0) is 14.1.